The van der Waals surface area contributed by atoms with Gasteiger partial charge < -0.3 is 5.73 Å². The van der Waals surface area contributed by atoms with Crippen LogP contribution < -0.4 is 5.73 Å². The van der Waals surface area contributed by atoms with E-state index in [2.05, 4.69) is 4.99 Å². The minimum Gasteiger partial charge on any atom is -0.385 e. The van der Waals surface area contributed by atoms with Crippen LogP contribution in [0, 0.1) is 0 Å². The van der Waals surface area contributed by atoms with Crippen LogP contribution in [0.1, 0.15) is 5.56 Å². The molecule has 2 nitrogen and oxygen atoms in total. The first-order chi connectivity index (χ1) is 5.83. The summed E-state index contributed by atoms with van der Waals surface area (Å²) in [5, 5.41) is 0. The van der Waals surface area contributed by atoms with E-state index in [0.29, 0.717) is 6.54 Å². The van der Waals surface area contributed by atoms with Crippen molar-refractivity contribution in [3.63, 3.8) is 0 Å². The predicted molar refractivity (Wildman–Crippen MR) is 55.0 cm³/mol. The molecule has 1 aromatic carbocycles. The van der Waals surface area contributed by atoms with Gasteiger partial charge in [0.2, 0.25) is 0 Å². The van der Waals surface area contributed by atoms with E-state index in [0.717, 1.165) is 5.56 Å². The third-order valence-electron chi connectivity index (χ3n) is 1.44. The Morgan fingerprint density at radius 1 is 1.31 bits per heavy atom. The molecule has 0 saturated heterocycles. The molecular weight excluding hydrogens is 191 g/mol. The van der Waals surface area contributed by atoms with E-state index in [-0.39, 0.29) is 18.2 Å². The minimum atomic E-state index is -0.674. The number of amidine groups is 1. The number of nitrogens with two attached hydrogens (primary N) is 1. The van der Waals surface area contributed by atoms with Crippen LogP contribution in [0.2, 0.25) is 0 Å². The predicted octanol–water partition coefficient (Wildman–Crippen LogP) is 1.94. The third-order valence-corrected chi connectivity index (χ3v) is 1.44. The van der Waals surface area contributed by atoms with Gasteiger partial charge in [-0.1, -0.05) is 30.3 Å². The van der Waals surface area contributed by atoms with Crippen molar-refractivity contribution in [2.45, 2.75) is 6.54 Å². The van der Waals surface area contributed by atoms with E-state index < -0.39 is 6.67 Å². The molecule has 4 heteroatoms. The topological polar surface area (TPSA) is 38.4 Å². The van der Waals surface area contributed by atoms with Crippen LogP contribution >= 0.6 is 12.4 Å². The molecule has 0 saturated carbocycles. The first kappa shape index (κ1) is 11.9. The molecule has 0 amide bonds. The molecule has 0 unspecified atom stereocenters. The maximum Gasteiger partial charge on any atom is 0.146 e. The van der Waals surface area contributed by atoms with Gasteiger partial charge in [0.15, 0.2) is 0 Å². The zero-order valence-electron chi connectivity index (χ0n) is 7.11. The van der Waals surface area contributed by atoms with Crippen molar-refractivity contribution in [3.8, 4) is 0 Å². The fraction of sp³-hybridized carbons (Fsp3) is 0.222. The van der Waals surface area contributed by atoms with Crippen LogP contribution in [-0.2, 0) is 6.54 Å². The van der Waals surface area contributed by atoms with E-state index in [4.69, 9.17) is 5.73 Å². The molecule has 0 aromatic heterocycles. The van der Waals surface area contributed by atoms with Crippen molar-refractivity contribution < 1.29 is 4.39 Å². The largest absolute Gasteiger partial charge is 0.385 e. The first-order valence-electron chi connectivity index (χ1n) is 3.71. The van der Waals surface area contributed by atoms with Crippen molar-refractivity contribution in [2.75, 3.05) is 6.67 Å². The number of hydrogen-bond donors (Lipinski definition) is 1. The molecule has 0 fully saturated rings. The monoisotopic (exact) mass is 202 g/mol. The van der Waals surface area contributed by atoms with Crippen molar-refractivity contribution in [1.29, 1.82) is 0 Å². The van der Waals surface area contributed by atoms with Gasteiger partial charge in [-0.3, -0.25) is 4.99 Å². The lowest BCUT2D eigenvalue weighted by atomic mass is 10.2. The zero-order valence-corrected chi connectivity index (χ0v) is 7.93. The second kappa shape index (κ2) is 6.43. The molecule has 1 rings (SSSR count). The van der Waals surface area contributed by atoms with E-state index in [9.17, 15) is 4.39 Å². The van der Waals surface area contributed by atoms with Crippen LogP contribution in [0.25, 0.3) is 0 Å². The van der Waals surface area contributed by atoms with E-state index in [1.54, 1.807) is 0 Å². The molecule has 0 aliphatic rings. The Morgan fingerprint density at radius 2 is 1.92 bits per heavy atom. The van der Waals surface area contributed by atoms with E-state index >= 15 is 0 Å². The van der Waals surface area contributed by atoms with Gasteiger partial charge in [0, 0.05) is 0 Å². The van der Waals surface area contributed by atoms with Gasteiger partial charge in [0.1, 0.15) is 12.5 Å². The molecule has 0 spiro atoms. The highest BCUT2D eigenvalue weighted by Gasteiger charge is 1.90. The number of aliphatic imine (C=N–C) groups is 1. The molecule has 0 aliphatic carbocycles. The SMILES string of the molecule is Cl.NC(CF)=NCc1ccccc1. The Balaban J connectivity index is 0.00000144. The highest BCUT2D eigenvalue weighted by molar-refractivity contribution is 5.85. The van der Waals surface area contributed by atoms with Crippen LogP contribution in [0.5, 0.6) is 0 Å². The summed E-state index contributed by atoms with van der Waals surface area (Å²) < 4.78 is 11.8. The van der Waals surface area contributed by atoms with Crippen LogP contribution in [0.4, 0.5) is 4.39 Å². The highest BCUT2D eigenvalue weighted by Crippen LogP contribution is 1.99. The Bertz CT molecular complexity index is 262. The number of benzene rings is 1. The second-order valence-corrected chi connectivity index (χ2v) is 2.43. The van der Waals surface area contributed by atoms with Crippen LogP contribution in [-0.4, -0.2) is 12.5 Å². The van der Waals surface area contributed by atoms with Crippen molar-refractivity contribution in [2.24, 2.45) is 10.7 Å². The lowest BCUT2D eigenvalue weighted by Gasteiger charge is -1.95. The van der Waals surface area contributed by atoms with Gasteiger partial charge in [0.25, 0.3) is 0 Å². The summed E-state index contributed by atoms with van der Waals surface area (Å²) in [6.45, 7) is -0.219. The number of halogens is 2. The standard InChI is InChI=1S/C9H11FN2.ClH/c10-6-9(11)12-7-8-4-2-1-3-5-8;/h1-5H,6-7H2,(H2,11,12);1H. The maximum atomic E-state index is 11.8. The van der Waals surface area contributed by atoms with E-state index in [1.165, 1.54) is 0 Å². The van der Waals surface area contributed by atoms with Gasteiger partial charge in [-0.25, -0.2) is 4.39 Å². The van der Waals surface area contributed by atoms with Crippen molar-refractivity contribution in [1.82, 2.24) is 0 Å². The molecule has 0 atom stereocenters. The van der Waals surface area contributed by atoms with Gasteiger partial charge in [-0.05, 0) is 5.56 Å². The molecule has 0 bridgehead atoms. The van der Waals surface area contributed by atoms with Crippen molar-refractivity contribution in [3.05, 3.63) is 35.9 Å². The summed E-state index contributed by atoms with van der Waals surface area (Å²) in [5.74, 6) is 0.0545. The molecular formula is C9H12ClFN2. The average molecular weight is 203 g/mol. The number of alkyl halides is 1. The molecule has 72 valence electrons. The fourth-order valence-corrected chi connectivity index (χ4v) is 0.819. The van der Waals surface area contributed by atoms with Crippen LogP contribution in [0.3, 0.4) is 0 Å². The minimum absolute atomic E-state index is 0. The third kappa shape index (κ3) is 4.48. The fourth-order valence-electron chi connectivity index (χ4n) is 0.819. The molecule has 13 heavy (non-hydrogen) atoms. The summed E-state index contributed by atoms with van der Waals surface area (Å²) in [6, 6.07) is 9.60. The summed E-state index contributed by atoms with van der Waals surface area (Å²) in [7, 11) is 0. The molecule has 0 radical (unpaired) electrons. The Morgan fingerprint density at radius 3 is 2.46 bits per heavy atom. The number of rotatable bonds is 3. The normalized spacial score (nSPS) is 10.7. The number of nitrogens with zero attached hydrogens (tertiary/aromatic N) is 1. The molecule has 2 N–H and O–H groups in total. The van der Waals surface area contributed by atoms with Gasteiger partial charge >= 0.3 is 0 Å². The van der Waals surface area contributed by atoms with Gasteiger partial charge in [0.05, 0.1) is 6.54 Å². The number of hydrogen-bond acceptors (Lipinski definition) is 1. The van der Waals surface area contributed by atoms with Crippen LogP contribution in [0.15, 0.2) is 35.3 Å². The summed E-state index contributed by atoms with van der Waals surface area (Å²) in [5.41, 5.74) is 6.23. The molecule has 0 heterocycles. The van der Waals surface area contributed by atoms with Crippen molar-refractivity contribution >= 4 is 18.2 Å². The second-order valence-electron chi connectivity index (χ2n) is 2.43. The first-order valence-corrected chi connectivity index (χ1v) is 3.71. The summed E-state index contributed by atoms with van der Waals surface area (Å²) in [4.78, 5) is 3.83. The Kier molecular flexibility index (Phi) is 5.89. The Labute approximate surface area is 83.1 Å². The average Bonchev–Trinajstić information content (AvgIpc) is 2.16. The Hall–Kier alpha value is -1.09. The summed E-state index contributed by atoms with van der Waals surface area (Å²) in [6.07, 6.45) is 0. The lowest BCUT2D eigenvalue weighted by molar-refractivity contribution is 0.577. The molecule has 0 aliphatic heterocycles. The van der Waals surface area contributed by atoms with Gasteiger partial charge in [-0.2, -0.15) is 0 Å². The quantitative estimate of drug-likeness (QED) is 0.591. The lowest BCUT2D eigenvalue weighted by Crippen LogP contribution is -2.13. The highest BCUT2D eigenvalue weighted by atomic mass is 35.5. The zero-order chi connectivity index (χ0) is 8.81. The molecule has 1 aromatic rings. The van der Waals surface area contributed by atoms with Gasteiger partial charge in [-0.15, -0.1) is 12.4 Å². The summed E-state index contributed by atoms with van der Waals surface area (Å²) >= 11 is 0. The smallest absolute Gasteiger partial charge is 0.146 e. The van der Waals surface area contributed by atoms with E-state index in [1.807, 2.05) is 30.3 Å². The maximum absolute atomic E-state index is 11.8.